The predicted molar refractivity (Wildman–Crippen MR) is 130 cm³/mol. The zero-order valence-corrected chi connectivity index (χ0v) is 18.7. The normalized spacial score (nSPS) is 10.6. The van der Waals surface area contributed by atoms with Crippen LogP contribution in [0.5, 0.6) is 11.5 Å². The highest BCUT2D eigenvalue weighted by atomic mass is 19.1. The summed E-state index contributed by atoms with van der Waals surface area (Å²) in [5.74, 6) is -0.539. The Morgan fingerprint density at radius 3 is 2.29 bits per heavy atom. The van der Waals surface area contributed by atoms with Gasteiger partial charge in [0.15, 0.2) is 6.61 Å². The third-order valence-corrected chi connectivity index (χ3v) is 5.26. The number of hydrogen-bond donors (Lipinski definition) is 2. The van der Waals surface area contributed by atoms with Crippen LogP contribution in [0.1, 0.15) is 15.9 Å². The molecule has 34 heavy (non-hydrogen) atoms. The average molecular weight is 458 g/mol. The first-order chi connectivity index (χ1) is 16.4. The molecular weight excluding hydrogens is 435 g/mol. The van der Waals surface area contributed by atoms with Crippen LogP contribution >= 0.6 is 0 Å². The van der Waals surface area contributed by atoms with Crippen LogP contribution in [0.2, 0.25) is 0 Å². The number of methoxy groups -OCH3 is 1. The zero-order valence-electron chi connectivity index (χ0n) is 18.7. The molecule has 0 radical (unpaired) electrons. The van der Waals surface area contributed by atoms with E-state index < -0.39 is 17.6 Å². The lowest BCUT2D eigenvalue weighted by Crippen LogP contribution is -2.22. The number of nitrogens with one attached hydrogen (secondary N) is 2. The van der Waals surface area contributed by atoms with Crippen LogP contribution in [0.15, 0.2) is 78.9 Å². The molecule has 0 heterocycles. The number of aryl methyl sites for hydroxylation is 1. The highest BCUT2D eigenvalue weighted by Gasteiger charge is 2.17. The van der Waals surface area contributed by atoms with Gasteiger partial charge in [0.1, 0.15) is 17.3 Å². The SMILES string of the molecule is COc1ccccc1NC(=O)c1cc2ccccc2cc1OCC(=O)Nc1ccc(C)c(F)c1. The first-order valence-electron chi connectivity index (χ1n) is 10.6. The van der Waals surface area contributed by atoms with Crippen molar-refractivity contribution in [2.45, 2.75) is 6.92 Å². The Kier molecular flexibility index (Phi) is 6.73. The number of halogens is 1. The highest BCUT2D eigenvalue weighted by molar-refractivity contribution is 6.09. The van der Waals surface area contributed by atoms with Gasteiger partial charge in [-0.2, -0.15) is 0 Å². The second kappa shape index (κ2) is 10.0. The highest BCUT2D eigenvalue weighted by Crippen LogP contribution is 2.29. The molecule has 4 aromatic carbocycles. The number of rotatable bonds is 7. The van der Waals surface area contributed by atoms with Crippen molar-refractivity contribution < 1.29 is 23.5 Å². The standard InChI is InChI=1S/C27H23FN2O4/c1-17-11-12-20(15-22(17)28)29-26(31)16-34-25-14-19-8-4-3-7-18(19)13-21(25)27(32)30-23-9-5-6-10-24(23)33-2/h3-15H,16H2,1-2H3,(H,29,31)(H,30,32). The van der Waals surface area contributed by atoms with Gasteiger partial charge in [-0.3, -0.25) is 9.59 Å². The Bertz CT molecular complexity index is 1370. The number of anilines is 2. The zero-order chi connectivity index (χ0) is 24.1. The molecule has 2 N–H and O–H groups in total. The maximum atomic E-state index is 13.8. The quantitative estimate of drug-likeness (QED) is 0.380. The maximum Gasteiger partial charge on any atom is 0.262 e. The van der Waals surface area contributed by atoms with Crippen molar-refractivity contribution >= 4 is 34.0 Å². The number of fused-ring (bicyclic) bond motifs is 1. The molecule has 0 atom stereocenters. The van der Waals surface area contributed by atoms with E-state index in [2.05, 4.69) is 10.6 Å². The summed E-state index contributed by atoms with van der Waals surface area (Å²) in [7, 11) is 1.52. The molecule has 6 nitrogen and oxygen atoms in total. The summed E-state index contributed by atoms with van der Waals surface area (Å²) in [4.78, 5) is 25.6. The van der Waals surface area contributed by atoms with Crippen LogP contribution in [-0.4, -0.2) is 25.5 Å². The Morgan fingerprint density at radius 1 is 0.853 bits per heavy atom. The molecule has 172 valence electrons. The Balaban J connectivity index is 1.57. The largest absolute Gasteiger partial charge is 0.495 e. The molecule has 0 aliphatic rings. The minimum atomic E-state index is -0.479. The molecule has 4 aromatic rings. The molecule has 7 heteroatoms. The molecule has 0 aromatic heterocycles. The Morgan fingerprint density at radius 2 is 1.56 bits per heavy atom. The van der Waals surface area contributed by atoms with Gasteiger partial charge >= 0.3 is 0 Å². The van der Waals surface area contributed by atoms with Crippen molar-refractivity contribution in [1.82, 2.24) is 0 Å². The topological polar surface area (TPSA) is 76.7 Å². The van der Waals surface area contributed by atoms with Gasteiger partial charge in [0.25, 0.3) is 11.8 Å². The second-order valence-corrected chi connectivity index (χ2v) is 7.65. The first kappa shape index (κ1) is 22.8. The van der Waals surface area contributed by atoms with Crippen molar-refractivity contribution in [2.75, 3.05) is 24.4 Å². The van der Waals surface area contributed by atoms with Crippen LogP contribution in [0, 0.1) is 12.7 Å². The number of para-hydroxylation sites is 2. The molecule has 0 unspecified atom stereocenters. The van der Waals surface area contributed by atoms with E-state index in [0.717, 1.165) is 10.8 Å². The molecule has 4 rings (SSSR count). The van der Waals surface area contributed by atoms with E-state index in [1.54, 1.807) is 55.5 Å². The number of benzene rings is 4. The van der Waals surface area contributed by atoms with Gasteiger partial charge in [-0.15, -0.1) is 0 Å². The van der Waals surface area contributed by atoms with Gasteiger partial charge < -0.3 is 20.1 Å². The summed E-state index contributed by atoms with van der Waals surface area (Å²) in [5.41, 5.74) is 1.58. The summed E-state index contributed by atoms with van der Waals surface area (Å²) < 4.78 is 24.8. The van der Waals surface area contributed by atoms with Gasteiger partial charge in [0, 0.05) is 5.69 Å². The number of hydrogen-bond acceptors (Lipinski definition) is 4. The third-order valence-electron chi connectivity index (χ3n) is 5.26. The minimum Gasteiger partial charge on any atom is -0.495 e. The molecule has 0 fully saturated rings. The molecule has 0 saturated carbocycles. The summed E-state index contributed by atoms with van der Waals surface area (Å²) in [6.45, 7) is 1.28. The number of carbonyl (C=O) groups excluding carboxylic acids is 2. The summed E-state index contributed by atoms with van der Waals surface area (Å²) in [6.07, 6.45) is 0. The summed E-state index contributed by atoms with van der Waals surface area (Å²) in [6, 6.07) is 22.4. The smallest absolute Gasteiger partial charge is 0.262 e. The van der Waals surface area contributed by atoms with Gasteiger partial charge in [-0.25, -0.2) is 4.39 Å². The maximum absolute atomic E-state index is 13.8. The lowest BCUT2D eigenvalue weighted by atomic mass is 10.1. The van der Waals surface area contributed by atoms with E-state index in [-0.39, 0.29) is 17.9 Å². The molecular formula is C27H23FN2O4. The van der Waals surface area contributed by atoms with E-state index in [1.165, 1.54) is 13.2 Å². The summed E-state index contributed by atoms with van der Waals surface area (Å²) in [5, 5.41) is 7.14. The van der Waals surface area contributed by atoms with E-state index in [1.807, 2.05) is 24.3 Å². The average Bonchev–Trinajstić information content (AvgIpc) is 2.84. The molecule has 0 aliphatic heterocycles. The molecule has 2 amide bonds. The molecule has 0 spiro atoms. The number of carbonyl (C=O) groups is 2. The Hall–Kier alpha value is -4.39. The predicted octanol–water partition coefficient (Wildman–Crippen LogP) is 5.57. The lowest BCUT2D eigenvalue weighted by Gasteiger charge is -2.15. The van der Waals surface area contributed by atoms with Crippen LogP contribution in [-0.2, 0) is 4.79 Å². The van der Waals surface area contributed by atoms with Gasteiger partial charge in [-0.1, -0.05) is 42.5 Å². The molecule has 0 bridgehead atoms. The van der Waals surface area contributed by atoms with Crippen molar-refractivity contribution in [3.8, 4) is 11.5 Å². The van der Waals surface area contributed by atoms with Gasteiger partial charge in [-0.05, 0) is 59.7 Å². The van der Waals surface area contributed by atoms with Crippen LogP contribution in [0.25, 0.3) is 10.8 Å². The van der Waals surface area contributed by atoms with E-state index in [9.17, 15) is 14.0 Å². The number of amides is 2. The van der Waals surface area contributed by atoms with Crippen molar-refractivity contribution in [2.24, 2.45) is 0 Å². The number of ether oxygens (including phenoxy) is 2. The van der Waals surface area contributed by atoms with Crippen molar-refractivity contribution in [3.05, 3.63) is 95.8 Å². The fourth-order valence-electron chi connectivity index (χ4n) is 3.46. The van der Waals surface area contributed by atoms with Crippen LogP contribution < -0.4 is 20.1 Å². The van der Waals surface area contributed by atoms with Crippen molar-refractivity contribution in [1.29, 1.82) is 0 Å². The van der Waals surface area contributed by atoms with Crippen LogP contribution in [0.4, 0.5) is 15.8 Å². The van der Waals surface area contributed by atoms with E-state index >= 15 is 0 Å². The first-order valence-corrected chi connectivity index (χ1v) is 10.6. The van der Waals surface area contributed by atoms with Gasteiger partial charge in [0.2, 0.25) is 0 Å². The Labute approximate surface area is 196 Å². The monoisotopic (exact) mass is 458 g/mol. The molecule has 0 saturated heterocycles. The van der Waals surface area contributed by atoms with E-state index in [4.69, 9.17) is 9.47 Å². The summed E-state index contributed by atoms with van der Waals surface area (Å²) >= 11 is 0. The van der Waals surface area contributed by atoms with Crippen molar-refractivity contribution in [3.63, 3.8) is 0 Å². The fourth-order valence-corrected chi connectivity index (χ4v) is 3.46. The molecule has 0 aliphatic carbocycles. The van der Waals surface area contributed by atoms with Crippen LogP contribution in [0.3, 0.4) is 0 Å². The minimum absolute atomic E-state index is 0.247. The second-order valence-electron chi connectivity index (χ2n) is 7.65. The fraction of sp³-hybridized carbons (Fsp3) is 0.111. The van der Waals surface area contributed by atoms with E-state index in [0.29, 0.717) is 22.7 Å². The lowest BCUT2D eigenvalue weighted by molar-refractivity contribution is -0.118. The third kappa shape index (κ3) is 5.15. The van der Waals surface area contributed by atoms with Gasteiger partial charge in [0.05, 0.1) is 18.4 Å².